The number of fused-ring (bicyclic) bond motifs is 2. The molecule has 5 rings (SSSR count). The zero-order valence-electron chi connectivity index (χ0n) is 16.8. The van der Waals surface area contributed by atoms with E-state index in [9.17, 15) is 0 Å². The highest BCUT2D eigenvalue weighted by atomic mass is 35.5. The SMILES string of the molecule is C=C/C=c1/oc2cc(-c3nc(Cl)nc(-c4ccc5ccccc5c4)n3)ccc2/c1=C/C. The van der Waals surface area contributed by atoms with Gasteiger partial charge in [0.1, 0.15) is 11.0 Å². The predicted octanol–water partition coefficient (Wildman–Crippen LogP) is 5.53. The molecule has 0 saturated heterocycles. The molecule has 0 aliphatic heterocycles. The lowest BCUT2D eigenvalue weighted by Crippen LogP contribution is -2.18. The van der Waals surface area contributed by atoms with Crippen molar-refractivity contribution in [3.63, 3.8) is 0 Å². The number of rotatable bonds is 3. The molecular formula is C26H18ClN3O. The highest BCUT2D eigenvalue weighted by Crippen LogP contribution is 2.26. The molecule has 0 N–H and O–H groups in total. The van der Waals surface area contributed by atoms with Crippen LogP contribution in [0, 0.1) is 0 Å². The molecule has 0 spiro atoms. The maximum absolute atomic E-state index is 6.27. The number of hydrogen-bond acceptors (Lipinski definition) is 4. The Kier molecular flexibility index (Phi) is 4.85. The van der Waals surface area contributed by atoms with Gasteiger partial charge in [-0.3, -0.25) is 0 Å². The van der Waals surface area contributed by atoms with Gasteiger partial charge in [-0.1, -0.05) is 61.2 Å². The fourth-order valence-electron chi connectivity index (χ4n) is 3.74. The van der Waals surface area contributed by atoms with Crippen molar-refractivity contribution in [2.75, 3.05) is 0 Å². The molecule has 5 aromatic rings. The molecule has 4 nitrogen and oxygen atoms in total. The van der Waals surface area contributed by atoms with E-state index in [1.165, 1.54) is 0 Å². The summed E-state index contributed by atoms with van der Waals surface area (Å²) in [4.78, 5) is 13.4. The molecule has 0 bridgehead atoms. The van der Waals surface area contributed by atoms with E-state index in [1.54, 1.807) is 6.08 Å². The maximum Gasteiger partial charge on any atom is 0.226 e. The number of hydrogen-bond donors (Lipinski definition) is 0. The highest BCUT2D eigenvalue weighted by Gasteiger charge is 2.12. The van der Waals surface area contributed by atoms with Crippen LogP contribution in [0.5, 0.6) is 0 Å². The minimum Gasteiger partial charge on any atom is -0.456 e. The second-order valence-corrected chi connectivity index (χ2v) is 7.43. The summed E-state index contributed by atoms with van der Waals surface area (Å²) in [6, 6.07) is 20.2. The van der Waals surface area contributed by atoms with E-state index in [1.807, 2.05) is 55.5 Å². The Morgan fingerprint density at radius 2 is 1.58 bits per heavy atom. The number of aromatic nitrogens is 3. The number of nitrogens with zero attached hydrogens (tertiary/aromatic N) is 3. The molecule has 0 atom stereocenters. The lowest BCUT2D eigenvalue weighted by Gasteiger charge is -2.06. The van der Waals surface area contributed by atoms with Crippen molar-refractivity contribution in [2.24, 2.45) is 0 Å². The first kappa shape index (κ1) is 19.2. The molecule has 2 aromatic heterocycles. The zero-order chi connectivity index (χ0) is 21.4. The average Bonchev–Trinajstić information content (AvgIpc) is 3.14. The van der Waals surface area contributed by atoms with Crippen molar-refractivity contribution < 1.29 is 4.42 Å². The smallest absolute Gasteiger partial charge is 0.226 e. The van der Waals surface area contributed by atoms with Crippen molar-refractivity contribution in [2.45, 2.75) is 6.92 Å². The summed E-state index contributed by atoms with van der Waals surface area (Å²) in [5, 5.41) is 4.48. The third-order valence-corrected chi connectivity index (χ3v) is 5.36. The fraction of sp³-hybridized carbons (Fsp3) is 0.0385. The molecule has 0 amide bonds. The van der Waals surface area contributed by atoms with Crippen LogP contribution in [-0.4, -0.2) is 15.0 Å². The van der Waals surface area contributed by atoms with E-state index in [0.717, 1.165) is 43.5 Å². The second kappa shape index (κ2) is 7.82. The first-order valence-electron chi connectivity index (χ1n) is 9.89. The van der Waals surface area contributed by atoms with Crippen LogP contribution in [-0.2, 0) is 0 Å². The number of allylic oxidation sites excluding steroid dienone is 1. The quantitative estimate of drug-likeness (QED) is 0.383. The van der Waals surface area contributed by atoms with Gasteiger partial charge in [-0.25, -0.2) is 4.98 Å². The molecule has 2 heterocycles. The molecule has 0 saturated carbocycles. The normalized spacial score (nSPS) is 12.7. The summed E-state index contributed by atoms with van der Waals surface area (Å²) in [6.45, 7) is 5.75. The molecule has 0 aliphatic rings. The van der Waals surface area contributed by atoms with Crippen LogP contribution in [0.1, 0.15) is 6.92 Å². The summed E-state index contributed by atoms with van der Waals surface area (Å²) >= 11 is 6.27. The summed E-state index contributed by atoms with van der Waals surface area (Å²) in [7, 11) is 0. The van der Waals surface area contributed by atoms with Gasteiger partial charge in [0.05, 0.1) is 0 Å². The van der Waals surface area contributed by atoms with Gasteiger partial charge in [0.25, 0.3) is 0 Å². The van der Waals surface area contributed by atoms with E-state index in [-0.39, 0.29) is 5.28 Å². The van der Waals surface area contributed by atoms with Gasteiger partial charge in [-0.05, 0) is 53.6 Å². The Morgan fingerprint density at radius 1 is 0.871 bits per heavy atom. The van der Waals surface area contributed by atoms with Crippen molar-refractivity contribution in [3.05, 3.63) is 89.2 Å². The van der Waals surface area contributed by atoms with E-state index >= 15 is 0 Å². The Balaban J connectivity index is 1.65. The molecule has 5 heteroatoms. The molecule has 0 radical (unpaired) electrons. The summed E-state index contributed by atoms with van der Waals surface area (Å²) in [5.41, 5.74) is 3.21. The predicted molar refractivity (Wildman–Crippen MR) is 127 cm³/mol. The van der Waals surface area contributed by atoms with Crippen LogP contribution in [0.2, 0.25) is 5.28 Å². The van der Waals surface area contributed by atoms with Gasteiger partial charge in [0, 0.05) is 21.7 Å². The molecular weight excluding hydrogens is 406 g/mol. The van der Waals surface area contributed by atoms with Crippen molar-refractivity contribution in [1.29, 1.82) is 0 Å². The summed E-state index contributed by atoms with van der Waals surface area (Å²) < 4.78 is 6.02. The van der Waals surface area contributed by atoms with Crippen LogP contribution >= 0.6 is 11.6 Å². The lowest BCUT2D eigenvalue weighted by atomic mass is 10.1. The lowest BCUT2D eigenvalue weighted by molar-refractivity contribution is 0.576. The number of benzene rings is 3. The Labute approximate surface area is 183 Å². The molecule has 0 unspecified atom stereocenters. The Morgan fingerprint density at radius 3 is 2.32 bits per heavy atom. The van der Waals surface area contributed by atoms with Crippen LogP contribution in [0.25, 0.3) is 56.7 Å². The third kappa shape index (κ3) is 3.51. The third-order valence-electron chi connectivity index (χ3n) is 5.19. The van der Waals surface area contributed by atoms with Crippen molar-refractivity contribution >= 4 is 45.5 Å². The van der Waals surface area contributed by atoms with Gasteiger partial charge in [-0.2, -0.15) is 9.97 Å². The van der Waals surface area contributed by atoms with Crippen LogP contribution in [0.3, 0.4) is 0 Å². The second-order valence-electron chi connectivity index (χ2n) is 7.10. The van der Waals surface area contributed by atoms with E-state index in [0.29, 0.717) is 11.6 Å². The van der Waals surface area contributed by atoms with Gasteiger partial charge < -0.3 is 4.42 Å². The van der Waals surface area contributed by atoms with Gasteiger partial charge in [0.2, 0.25) is 5.28 Å². The molecule has 0 aliphatic carbocycles. The topological polar surface area (TPSA) is 51.8 Å². The highest BCUT2D eigenvalue weighted by molar-refractivity contribution is 6.28. The Bertz CT molecular complexity index is 1580. The standard InChI is InChI=1S/C26H18ClN3O/c1-3-7-22-20(4-2)21-13-12-19(15-23(21)31-22)25-28-24(29-26(27)30-25)18-11-10-16-8-5-6-9-17(16)14-18/h3-15H,1H2,2H3/b20-4-,22-7+. The van der Waals surface area contributed by atoms with Gasteiger partial charge in [0.15, 0.2) is 11.6 Å². The minimum atomic E-state index is 0.149. The van der Waals surface area contributed by atoms with Crippen molar-refractivity contribution in [1.82, 2.24) is 15.0 Å². The monoisotopic (exact) mass is 423 g/mol. The van der Waals surface area contributed by atoms with Gasteiger partial charge >= 0.3 is 0 Å². The fourth-order valence-corrected chi connectivity index (χ4v) is 3.90. The largest absolute Gasteiger partial charge is 0.456 e. The molecule has 0 fully saturated rings. The first-order chi connectivity index (χ1) is 15.2. The van der Waals surface area contributed by atoms with Crippen LogP contribution in [0.15, 0.2) is 77.7 Å². The first-order valence-corrected chi connectivity index (χ1v) is 10.3. The van der Waals surface area contributed by atoms with Crippen LogP contribution < -0.4 is 10.6 Å². The van der Waals surface area contributed by atoms with E-state index in [4.69, 9.17) is 21.0 Å². The number of furan rings is 1. The maximum atomic E-state index is 6.27. The average molecular weight is 424 g/mol. The molecule has 3 aromatic carbocycles. The van der Waals surface area contributed by atoms with Gasteiger partial charge in [-0.15, -0.1) is 0 Å². The molecule has 31 heavy (non-hydrogen) atoms. The van der Waals surface area contributed by atoms with E-state index < -0.39 is 0 Å². The summed E-state index contributed by atoms with van der Waals surface area (Å²) in [5.74, 6) is 1.03. The Hall–Kier alpha value is -3.76. The van der Waals surface area contributed by atoms with Crippen molar-refractivity contribution in [3.8, 4) is 22.8 Å². The number of halogens is 1. The van der Waals surface area contributed by atoms with E-state index in [2.05, 4.69) is 40.8 Å². The zero-order valence-corrected chi connectivity index (χ0v) is 17.6. The summed E-state index contributed by atoms with van der Waals surface area (Å²) in [6.07, 6.45) is 5.60. The van der Waals surface area contributed by atoms with Crippen LogP contribution in [0.4, 0.5) is 0 Å². The minimum absolute atomic E-state index is 0.149. The molecule has 150 valence electrons.